The summed E-state index contributed by atoms with van der Waals surface area (Å²) < 4.78 is 41.1. The average molecular weight is 408 g/mol. The number of hydrogen-bond acceptors (Lipinski definition) is 2. The first-order valence-corrected chi connectivity index (χ1v) is 6.88. The molecule has 0 aliphatic heterocycles. The van der Waals surface area contributed by atoms with Crippen LogP contribution in [-0.4, -0.2) is 4.99 Å². The van der Waals surface area contributed by atoms with Crippen LogP contribution in [0.15, 0.2) is 30.3 Å². The van der Waals surface area contributed by atoms with E-state index in [1.165, 1.54) is 30.3 Å². The van der Waals surface area contributed by atoms with Gasteiger partial charge < -0.3 is 11.1 Å². The summed E-state index contributed by atoms with van der Waals surface area (Å²) >= 11 is 6.52. The Kier molecular flexibility index (Phi) is 4.48. The van der Waals surface area contributed by atoms with Gasteiger partial charge in [0.05, 0.1) is 11.4 Å². The molecule has 0 unspecified atom stereocenters. The predicted molar refractivity (Wildman–Crippen MR) is 84.6 cm³/mol. The monoisotopic (exact) mass is 408 g/mol. The minimum Gasteiger partial charge on any atom is -0.389 e. The maximum atomic E-state index is 13.9. The van der Waals surface area contributed by atoms with Gasteiger partial charge in [-0.1, -0.05) is 12.2 Å². The quantitative estimate of drug-likeness (QED) is 0.594. The Morgan fingerprint density at radius 3 is 2.30 bits per heavy atom. The van der Waals surface area contributed by atoms with Crippen molar-refractivity contribution in [3.8, 4) is 0 Å². The van der Waals surface area contributed by atoms with Gasteiger partial charge in [0.1, 0.15) is 10.8 Å². The number of nitrogens with two attached hydrogens (primary N) is 1. The molecule has 2 rings (SSSR count). The van der Waals surface area contributed by atoms with Gasteiger partial charge >= 0.3 is 0 Å². The summed E-state index contributed by atoms with van der Waals surface area (Å²) in [6.07, 6.45) is 0. The number of nitrogens with one attached hydrogen (secondary N) is 1. The first-order valence-electron chi connectivity index (χ1n) is 5.40. The Labute approximate surface area is 132 Å². The number of thiocarbonyl (C=S) groups is 1. The summed E-state index contributed by atoms with van der Waals surface area (Å²) in [5.74, 6) is -2.61. The molecule has 0 saturated carbocycles. The topological polar surface area (TPSA) is 38.0 Å². The minimum absolute atomic E-state index is 0.0768. The van der Waals surface area contributed by atoms with Crippen molar-refractivity contribution in [2.75, 3.05) is 5.32 Å². The number of rotatable bonds is 3. The van der Waals surface area contributed by atoms with Crippen molar-refractivity contribution < 1.29 is 13.2 Å². The second kappa shape index (κ2) is 5.96. The highest BCUT2D eigenvalue weighted by Crippen LogP contribution is 2.27. The molecule has 0 aliphatic rings. The molecule has 2 aromatic carbocycles. The fraction of sp³-hybridized carbons (Fsp3) is 0. The first-order chi connectivity index (χ1) is 9.40. The molecule has 0 amide bonds. The smallest absolute Gasteiger partial charge is 0.182 e. The zero-order chi connectivity index (χ0) is 14.9. The lowest BCUT2D eigenvalue weighted by Crippen LogP contribution is -2.13. The van der Waals surface area contributed by atoms with Crippen LogP contribution in [0.5, 0.6) is 0 Å². The summed E-state index contributed by atoms with van der Waals surface area (Å²) in [5.41, 5.74) is 5.52. The van der Waals surface area contributed by atoms with Crippen LogP contribution in [0.2, 0.25) is 0 Å². The lowest BCUT2D eigenvalue weighted by Gasteiger charge is -2.11. The Hall–Kier alpha value is -1.35. The Morgan fingerprint density at radius 2 is 1.70 bits per heavy atom. The molecule has 0 heterocycles. The van der Waals surface area contributed by atoms with Crippen LogP contribution in [0.25, 0.3) is 0 Å². The Morgan fingerprint density at radius 1 is 1.05 bits per heavy atom. The van der Waals surface area contributed by atoms with E-state index in [1.54, 1.807) is 0 Å². The Bertz CT molecular complexity index is 692. The highest BCUT2D eigenvalue weighted by atomic mass is 127. The van der Waals surface area contributed by atoms with Crippen LogP contribution in [0.3, 0.4) is 0 Å². The normalized spacial score (nSPS) is 10.4. The first kappa shape index (κ1) is 15.0. The van der Waals surface area contributed by atoms with E-state index in [0.29, 0.717) is 9.26 Å². The summed E-state index contributed by atoms with van der Waals surface area (Å²) in [7, 11) is 0. The molecule has 0 fully saturated rings. The van der Waals surface area contributed by atoms with E-state index in [2.05, 4.69) is 17.5 Å². The van der Waals surface area contributed by atoms with Gasteiger partial charge in [-0.2, -0.15) is 0 Å². The van der Waals surface area contributed by atoms with Gasteiger partial charge in [0.25, 0.3) is 0 Å². The van der Waals surface area contributed by atoms with Crippen molar-refractivity contribution in [3.63, 3.8) is 0 Å². The summed E-state index contributed by atoms with van der Waals surface area (Å²) in [4.78, 5) is -0.218. The van der Waals surface area contributed by atoms with E-state index in [-0.39, 0.29) is 16.2 Å². The summed E-state index contributed by atoms with van der Waals surface area (Å²) in [6, 6.07) is 6.56. The van der Waals surface area contributed by atoms with Gasteiger partial charge in [0.2, 0.25) is 0 Å². The van der Waals surface area contributed by atoms with Crippen molar-refractivity contribution in [1.82, 2.24) is 0 Å². The molecule has 2 aromatic rings. The number of anilines is 2. The van der Waals surface area contributed by atoms with Gasteiger partial charge in [0, 0.05) is 9.13 Å². The van der Waals surface area contributed by atoms with Crippen molar-refractivity contribution >= 4 is 51.2 Å². The molecule has 2 nitrogen and oxygen atoms in total. The molecule has 0 spiro atoms. The average Bonchev–Trinajstić information content (AvgIpc) is 2.37. The zero-order valence-electron chi connectivity index (χ0n) is 9.88. The zero-order valence-corrected chi connectivity index (χ0v) is 12.9. The minimum atomic E-state index is -1.11. The van der Waals surface area contributed by atoms with Crippen LogP contribution >= 0.6 is 34.8 Å². The third kappa shape index (κ3) is 3.04. The van der Waals surface area contributed by atoms with Gasteiger partial charge in [-0.25, -0.2) is 13.2 Å². The molecule has 0 atom stereocenters. The maximum absolute atomic E-state index is 13.9. The van der Waals surface area contributed by atoms with Gasteiger partial charge in [-0.15, -0.1) is 0 Å². The third-order valence-electron chi connectivity index (χ3n) is 2.55. The molecule has 104 valence electrons. The summed E-state index contributed by atoms with van der Waals surface area (Å²) in [5, 5.41) is 2.70. The molecule has 3 N–H and O–H groups in total. The van der Waals surface area contributed by atoms with Crippen LogP contribution < -0.4 is 11.1 Å². The fourth-order valence-corrected chi connectivity index (χ4v) is 2.34. The van der Waals surface area contributed by atoms with E-state index in [4.69, 9.17) is 5.73 Å². The predicted octanol–water partition coefficient (Wildman–Crippen LogP) is 4.09. The molecule has 0 saturated heterocycles. The largest absolute Gasteiger partial charge is 0.389 e. The summed E-state index contributed by atoms with van der Waals surface area (Å²) in [6.45, 7) is 0. The third-order valence-corrected chi connectivity index (χ3v) is 3.66. The molecular weight excluding hydrogens is 400 g/mol. The molecular formula is C13H8F3IN2S. The van der Waals surface area contributed by atoms with Crippen LogP contribution in [-0.2, 0) is 0 Å². The molecule has 0 bridgehead atoms. The molecule has 0 aromatic heterocycles. The van der Waals surface area contributed by atoms with E-state index >= 15 is 0 Å². The van der Waals surface area contributed by atoms with Crippen LogP contribution in [0.4, 0.5) is 24.5 Å². The maximum Gasteiger partial charge on any atom is 0.182 e. The number of hydrogen-bond donors (Lipinski definition) is 2. The van der Waals surface area contributed by atoms with Crippen LogP contribution in [0.1, 0.15) is 5.56 Å². The fourth-order valence-electron chi connectivity index (χ4n) is 1.57. The molecule has 0 radical (unpaired) electrons. The number of benzene rings is 2. The van der Waals surface area contributed by atoms with E-state index < -0.39 is 17.5 Å². The lowest BCUT2D eigenvalue weighted by atomic mass is 10.1. The SMILES string of the molecule is NC(=S)c1ccc(Nc2ccc(F)cc2I)c(F)c1F. The van der Waals surface area contributed by atoms with Gasteiger partial charge in [-0.05, 0) is 52.9 Å². The molecule has 0 aliphatic carbocycles. The van der Waals surface area contributed by atoms with Crippen LogP contribution in [0, 0.1) is 21.0 Å². The highest BCUT2D eigenvalue weighted by Gasteiger charge is 2.15. The number of halogens is 4. The standard InChI is InChI=1S/C13H8F3IN2S/c14-6-1-3-9(8(17)5-6)19-10-4-2-7(13(18)20)11(15)12(10)16/h1-5,19H,(H2,18,20). The van der Waals surface area contributed by atoms with Gasteiger partial charge in [-0.3, -0.25) is 0 Å². The second-order valence-electron chi connectivity index (χ2n) is 3.90. The van der Waals surface area contributed by atoms with E-state index in [0.717, 1.165) is 0 Å². The highest BCUT2D eigenvalue weighted by molar-refractivity contribution is 14.1. The van der Waals surface area contributed by atoms with E-state index in [1.807, 2.05) is 22.6 Å². The van der Waals surface area contributed by atoms with Gasteiger partial charge in [0.15, 0.2) is 11.6 Å². The second-order valence-corrected chi connectivity index (χ2v) is 5.50. The van der Waals surface area contributed by atoms with E-state index in [9.17, 15) is 13.2 Å². The molecule has 7 heteroatoms. The molecule has 20 heavy (non-hydrogen) atoms. The lowest BCUT2D eigenvalue weighted by molar-refractivity contribution is 0.510. The van der Waals surface area contributed by atoms with Crippen molar-refractivity contribution in [2.24, 2.45) is 5.73 Å². The van der Waals surface area contributed by atoms with Crippen molar-refractivity contribution in [1.29, 1.82) is 0 Å². The Balaban J connectivity index is 2.39. The van der Waals surface area contributed by atoms with Crippen molar-refractivity contribution in [3.05, 3.63) is 56.9 Å². The van der Waals surface area contributed by atoms with Crippen molar-refractivity contribution in [2.45, 2.75) is 0 Å².